The third-order valence-corrected chi connectivity index (χ3v) is 17.5. The van der Waals surface area contributed by atoms with Crippen molar-refractivity contribution in [2.24, 2.45) is 0 Å². The quantitative estimate of drug-likeness (QED) is 0.165. The number of fused-ring (bicyclic) bond motifs is 20. The van der Waals surface area contributed by atoms with E-state index in [2.05, 4.69) is 24.3 Å². The van der Waals surface area contributed by atoms with E-state index in [4.69, 9.17) is 40.7 Å². The Bertz CT molecular complexity index is 7570. The highest BCUT2D eigenvalue weighted by Gasteiger charge is 2.24. The van der Waals surface area contributed by atoms with E-state index >= 15 is 0 Å². The van der Waals surface area contributed by atoms with Crippen molar-refractivity contribution in [3.63, 3.8) is 0 Å². The van der Waals surface area contributed by atoms with Crippen molar-refractivity contribution in [2.75, 3.05) is 0 Å². The largest absolute Gasteiger partial charge is 0.456 e. The molecule has 0 saturated carbocycles. The molecule has 20 rings (SSSR count). The Hall–Kier alpha value is -11.3. The lowest BCUT2D eigenvalue weighted by Crippen LogP contribution is -1.91. The third-order valence-electron chi connectivity index (χ3n) is 16.4. The van der Waals surface area contributed by atoms with Crippen molar-refractivity contribution >= 4 is 162 Å². The molecular formula is C84H48O3S. The lowest BCUT2D eigenvalue weighted by molar-refractivity contribution is 0.669. The third kappa shape index (κ3) is 7.24. The van der Waals surface area contributed by atoms with Crippen LogP contribution in [0, 0.1) is 0 Å². The van der Waals surface area contributed by atoms with Crippen LogP contribution >= 0.6 is 11.3 Å². The second kappa shape index (κ2) is 19.1. The predicted molar refractivity (Wildman–Crippen MR) is 374 cm³/mol. The summed E-state index contributed by atoms with van der Waals surface area (Å²) < 4.78 is 288. The summed E-state index contributed by atoms with van der Waals surface area (Å²) in [5, 5.41) is 5.01. The van der Waals surface area contributed by atoms with E-state index in [0.717, 1.165) is 52.5 Å². The number of benzene rings is 16. The smallest absolute Gasteiger partial charge is 0.143 e. The van der Waals surface area contributed by atoms with Gasteiger partial charge in [-0.05, 0) is 129 Å². The van der Waals surface area contributed by atoms with Crippen LogP contribution in [-0.2, 0) is 0 Å². The van der Waals surface area contributed by atoms with Gasteiger partial charge in [0.25, 0.3) is 0 Å². The number of thiophene rings is 1. The van der Waals surface area contributed by atoms with E-state index in [1.807, 2.05) is 84.9 Å². The van der Waals surface area contributed by atoms with Gasteiger partial charge in [0.1, 0.15) is 33.5 Å². The van der Waals surface area contributed by atoms with Crippen LogP contribution in [0.3, 0.4) is 0 Å². The van der Waals surface area contributed by atoms with Crippen molar-refractivity contribution in [1.82, 2.24) is 0 Å². The summed E-state index contributed by atoms with van der Waals surface area (Å²) in [4.78, 5) is 0. The van der Waals surface area contributed by atoms with Crippen LogP contribution in [0.5, 0.6) is 0 Å². The van der Waals surface area contributed by atoms with E-state index in [1.54, 1.807) is 11.3 Å². The van der Waals surface area contributed by atoms with Gasteiger partial charge < -0.3 is 13.3 Å². The maximum Gasteiger partial charge on any atom is 0.143 e. The number of para-hydroxylation sites is 4. The number of hydrogen-bond donors (Lipinski definition) is 0. The molecule has 0 aliphatic carbocycles. The Kier molecular flexibility index (Phi) is 6.14. The summed E-state index contributed by atoms with van der Waals surface area (Å²) in [5.41, 5.74) is -1.57. The first-order valence-corrected chi connectivity index (χ1v) is 28.4. The first kappa shape index (κ1) is 28.3. The van der Waals surface area contributed by atoms with Gasteiger partial charge in [0.15, 0.2) is 0 Å². The van der Waals surface area contributed by atoms with Gasteiger partial charge in [-0.25, -0.2) is 0 Å². The highest BCUT2D eigenvalue weighted by Crippen LogP contribution is 2.51. The summed E-state index contributed by atoms with van der Waals surface area (Å²) in [6.07, 6.45) is 0. The van der Waals surface area contributed by atoms with Gasteiger partial charge >= 0.3 is 0 Å². The molecule has 0 spiro atoms. The van der Waals surface area contributed by atoms with Crippen molar-refractivity contribution in [1.29, 1.82) is 0 Å². The molecule has 88 heavy (non-hydrogen) atoms. The zero-order valence-electron chi connectivity index (χ0n) is 75.0. The van der Waals surface area contributed by atoms with E-state index in [-0.39, 0.29) is 56.5 Å². The molecule has 408 valence electrons. The molecule has 4 aromatic heterocycles. The van der Waals surface area contributed by atoms with E-state index in [1.165, 1.54) is 0 Å². The predicted octanol–water partition coefficient (Wildman–Crippen LogP) is 25.0. The first-order chi connectivity index (χ1) is 56.1. The van der Waals surface area contributed by atoms with E-state index in [9.17, 15) is 13.7 Å². The molecule has 3 nitrogen and oxygen atoms in total. The zero-order chi connectivity index (χ0) is 83.7. The molecule has 0 aliphatic heterocycles. The Morgan fingerprint density at radius 1 is 0.250 bits per heavy atom. The average molecular weight is 1170 g/mol. The second-order valence-corrected chi connectivity index (χ2v) is 22.1. The molecule has 0 fully saturated rings. The molecule has 4 heteroatoms. The van der Waals surface area contributed by atoms with Gasteiger partial charge in [0.05, 0.1) is 41.1 Å². The summed E-state index contributed by atoms with van der Waals surface area (Å²) in [6, 6.07) is 15.2. The molecule has 0 N–H and O–H groups in total. The molecular weight excluding hydrogens is 1090 g/mol. The Morgan fingerprint density at radius 3 is 1.19 bits per heavy atom. The maximum atomic E-state index is 9.39. The van der Waals surface area contributed by atoms with Crippen molar-refractivity contribution in [2.45, 2.75) is 0 Å². The monoisotopic (exact) mass is 1170 g/mol. The Labute approximate surface area is 549 Å². The second-order valence-electron chi connectivity index (χ2n) is 21.0. The minimum Gasteiger partial charge on any atom is -0.456 e. The number of rotatable bonds is 4. The fourth-order valence-corrected chi connectivity index (χ4v) is 13.9. The van der Waals surface area contributed by atoms with Crippen LogP contribution in [0.4, 0.5) is 0 Å². The van der Waals surface area contributed by atoms with Crippen LogP contribution in [0.15, 0.2) is 304 Å². The van der Waals surface area contributed by atoms with Gasteiger partial charge in [-0.15, -0.1) is 11.3 Å². The van der Waals surface area contributed by atoms with Crippen LogP contribution in [0.25, 0.3) is 195 Å². The van der Waals surface area contributed by atoms with Gasteiger partial charge in [0.2, 0.25) is 0 Å². The van der Waals surface area contributed by atoms with Gasteiger partial charge in [0, 0.05) is 74.7 Å². The summed E-state index contributed by atoms with van der Waals surface area (Å²) in [5.74, 6) is 0. The fourth-order valence-electron chi connectivity index (χ4n) is 12.7. The first-order valence-electron chi connectivity index (χ1n) is 42.6. The summed E-state index contributed by atoms with van der Waals surface area (Å²) >= 11 is 1.61. The molecule has 4 heterocycles. The number of furan rings is 3. The van der Waals surface area contributed by atoms with Gasteiger partial charge in [-0.1, -0.05) is 248 Å². The zero-order valence-corrected chi connectivity index (χ0v) is 45.8. The lowest BCUT2D eigenvalue weighted by Gasteiger charge is -2.18. The normalized spacial score (nSPS) is 16.9. The van der Waals surface area contributed by atoms with E-state index < -0.39 is 234 Å². The number of hydrogen-bond acceptors (Lipinski definition) is 4. The topological polar surface area (TPSA) is 39.4 Å². The molecule has 0 atom stereocenters. The highest BCUT2D eigenvalue weighted by molar-refractivity contribution is 7.26. The molecule has 16 aromatic carbocycles. The Balaban J connectivity index is 0.000000157. The van der Waals surface area contributed by atoms with Crippen LogP contribution in [0.1, 0.15) is 41.1 Å². The SMILES string of the molecule is [2H]c1c([2H])c([2H])c2c(-c3ccc4c(c3)sc3ccc5ccccc5c34)c3c([2H])c([2H])c([2H])c([2H])c3c(-c3ccc4c(c3)oc3ccc5ccccc5c34)c2c1[2H].[2H]c1c([2H])c([2H])c2c(oc3c(-c4c5c([2H])c([2H])c([2H])c([2H])c5c(-c5c([2H])c([2H])c([2H])c6c5oc5c([2H])c([2H])c([2H])c([2H])c56)c5c([2H])c([2H])c([2H])c([2H])c45)c([2H])c([2H])c([2H])c32)c1[2H]. The standard InChI is InChI=1S/C46H26OS.C38H22O2/c1-3-11-31-27(9-1)19-23-39-45(31)37-21-17-29(25-40(37)47-39)43-33-13-5-7-15-35(33)44(36-16-8-6-14-34(36)43)30-18-22-38-42(26-30)48-41-24-20-28-10-2-4-12-32(28)46(38)41;1-2-14-26-25(13-1)35(31-19-9-17-29-23-11-5-7-21-33(23)39-37(29)31)27-15-3-4-16-28(27)36(26)32-20-10-18-30-24-12-6-8-22-34(24)40-38(30)32/h1-26H;1-22H/i5D,6D,7D,8D,13D,14D,15D,16D;1D,2D,3D,4D,5D,6D,7D,8D,9D,10D,11D,12D,13D,14D,15D,16D,17D,18D,19D,20D,21D,22D. The minimum atomic E-state index is -0.906. The molecule has 0 radical (unpaired) electrons. The Morgan fingerprint density at radius 2 is 0.670 bits per heavy atom. The molecule has 0 bridgehead atoms. The summed E-state index contributed by atoms with van der Waals surface area (Å²) in [7, 11) is 0. The lowest BCUT2D eigenvalue weighted by atomic mass is 9.85. The van der Waals surface area contributed by atoms with Gasteiger partial charge in [-0.2, -0.15) is 0 Å². The van der Waals surface area contributed by atoms with Gasteiger partial charge in [-0.3, -0.25) is 0 Å². The van der Waals surface area contributed by atoms with Crippen LogP contribution in [-0.4, -0.2) is 0 Å². The molecule has 0 amide bonds. The summed E-state index contributed by atoms with van der Waals surface area (Å²) in [6.45, 7) is 0. The molecule has 0 aliphatic rings. The van der Waals surface area contributed by atoms with Crippen LogP contribution in [0.2, 0.25) is 0 Å². The molecule has 0 unspecified atom stereocenters. The van der Waals surface area contributed by atoms with Crippen molar-refractivity contribution in [3.05, 3.63) is 290 Å². The molecule has 0 saturated heterocycles. The van der Waals surface area contributed by atoms with E-state index in [0.29, 0.717) is 33.4 Å². The average Bonchev–Trinajstić information content (AvgIpc) is 1.08. The molecule has 20 aromatic rings. The maximum absolute atomic E-state index is 9.39. The van der Waals surface area contributed by atoms with Crippen molar-refractivity contribution in [3.8, 4) is 44.5 Å². The fraction of sp³-hybridized carbons (Fsp3) is 0. The van der Waals surface area contributed by atoms with Crippen LogP contribution < -0.4 is 0 Å². The minimum absolute atomic E-state index is 0.173. The highest BCUT2D eigenvalue weighted by atomic mass is 32.1. The van der Waals surface area contributed by atoms with Crippen molar-refractivity contribution < 1.29 is 54.4 Å².